The van der Waals surface area contributed by atoms with Gasteiger partial charge in [0.25, 0.3) is 5.91 Å². The summed E-state index contributed by atoms with van der Waals surface area (Å²) in [6.07, 6.45) is 0. The molecule has 98 valence electrons. The highest BCUT2D eigenvalue weighted by molar-refractivity contribution is 7.91. The summed E-state index contributed by atoms with van der Waals surface area (Å²) in [6, 6.07) is 3.66. The number of amides is 1. The molecule has 1 aromatic carbocycles. The first-order valence-corrected chi connectivity index (χ1v) is 7.23. The van der Waals surface area contributed by atoms with Gasteiger partial charge in [0.1, 0.15) is 11.5 Å². The first kappa shape index (κ1) is 12.7. The van der Waals surface area contributed by atoms with E-state index in [9.17, 15) is 23.4 Å². The number of sulfone groups is 1. The van der Waals surface area contributed by atoms with Crippen LogP contribution in [-0.4, -0.2) is 54.0 Å². The number of benzene rings is 1. The minimum Gasteiger partial charge on any atom is -0.508 e. The van der Waals surface area contributed by atoms with E-state index in [1.54, 1.807) is 0 Å². The van der Waals surface area contributed by atoms with Crippen molar-refractivity contribution in [1.82, 2.24) is 4.90 Å². The van der Waals surface area contributed by atoms with Crippen molar-refractivity contribution in [2.24, 2.45) is 0 Å². The molecule has 0 spiro atoms. The summed E-state index contributed by atoms with van der Waals surface area (Å²) in [5, 5.41) is 18.9. The summed E-state index contributed by atoms with van der Waals surface area (Å²) in [7, 11) is -3.06. The topological polar surface area (TPSA) is 94.9 Å². The molecule has 1 amide bonds. The van der Waals surface area contributed by atoms with Crippen LogP contribution in [0.4, 0.5) is 0 Å². The number of aromatic hydroxyl groups is 2. The second-order valence-electron chi connectivity index (χ2n) is 4.15. The lowest BCUT2D eigenvalue weighted by Gasteiger charge is -2.27. The van der Waals surface area contributed by atoms with Crippen LogP contribution in [0.5, 0.6) is 11.5 Å². The molecule has 2 rings (SSSR count). The molecule has 1 aliphatic heterocycles. The monoisotopic (exact) mass is 271 g/mol. The molecule has 1 fully saturated rings. The SMILES string of the molecule is O=C(c1cc(O)ccc1O)N1CCS(=O)(=O)CC1. The standard InChI is InChI=1S/C11H13NO5S/c13-8-1-2-10(14)9(7-8)11(15)12-3-5-18(16,17)6-4-12/h1-2,7,13-14H,3-6H2. The molecule has 18 heavy (non-hydrogen) atoms. The number of rotatable bonds is 1. The molecule has 6 nitrogen and oxygen atoms in total. The molecule has 0 unspecified atom stereocenters. The molecule has 0 bridgehead atoms. The predicted molar refractivity (Wildman–Crippen MR) is 64.3 cm³/mol. The summed E-state index contributed by atoms with van der Waals surface area (Å²) in [4.78, 5) is 13.4. The Morgan fingerprint density at radius 2 is 1.78 bits per heavy atom. The van der Waals surface area contributed by atoms with Gasteiger partial charge in [0.2, 0.25) is 0 Å². The molecule has 1 aliphatic rings. The van der Waals surface area contributed by atoms with E-state index in [0.29, 0.717) is 0 Å². The van der Waals surface area contributed by atoms with Crippen LogP contribution in [0.3, 0.4) is 0 Å². The fraction of sp³-hybridized carbons (Fsp3) is 0.364. The van der Waals surface area contributed by atoms with Gasteiger partial charge in [-0.05, 0) is 18.2 Å². The van der Waals surface area contributed by atoms with Crippen molar-refractivity contribution < 1.29 is 23.4 Å². The van der Waals surface area contributed by atoms with Gasteiger partial charge in [-0.2, -0.15) is 0 Å². The van der Waals surface area contributed by atoms with E-state index in [4.69, 9.17) is 0 Å². The number of phenolic OH excluding ortho intramolecular Hbond substituents is 2. The lowest BCUT2D eigenvalue weighted by Crippen LogP contribution is -2.43. The summed E-state index contributed by atoms with van der Waals surface area (Å²) >= 11 is 0. The Balaban J connectivity index is 2.20. The van der Waals surface area contributed by atoms with E-state index in [1.807, 2.05) is 0 Å². The first-order valence-electron chi connectivity index (χ1n) is 5.41. The maximum Gasteiger partial charge on any atom is 0.257 e. The smallest absolute Gasteiger partial charge is 0.257 e. The Labute approximate surface area is 104 Å². The Morgan fingerprint density at radius 3 is 2.39 bits per heavy atom. The van der Waals surface area contributed by atoms with E-state index in [2.05, 4.69) is 0 Å². The number of carbonyl (C=O) groups is 1. The highest BCUT2D eigenvalue weighted by Gasteiger charge is 2.27. The van der Waals surface area contributed by atoms with Gasteiger partial charge in [0.15, 0.2) is 9.84 Å². The largest absolute Gasteiger partial charge is 0.508 e. The second kappa shape index (κ2) is 4.49. The van der Waals surface area contributed by atoms with E-state index < -0.39 is 15.7 Å². The van der Waals surface area contributed by atoms with Gasteiger partial charge >= 0.3 is 0 Å². The number of nitrogens with zero attached hydrogens (tertiary/aromatic N) is 1. The quantitative estimate of drug-likeness (QED) is 0.699. The maximum atomic E-state index is 12.0. The van der Waals surface area contributed by atoms with Crippen molar-refractivity contribution in [2.45, 2.75) is 0 Å². The van der Waals surface area contributed by atoms with Crippen molar-refractivity contribution in [3.8, 4) is 11.5 Å². The first-order chi connectivity index (χ1) is 8.39. The average molecular weight is 271 g/mol. The van der Waals surface area contributed by atoms with Crippen molar-refractivity contribution in [2.75, 3.05) is 24.6 Å². The molecule has 1 heterocycles. The third kappa shape index (κ3) is 2.56. The lowest BCUT2D eigenvalue weighted by atomic mass is 10.1. The van der Waals surface area contributed by atoms with Gasteiger partial charge in [-0.15, -0.1) is 0 Å². The second-order valence-corrected chi connectivity index (χ2v) is 6.45. The normalized spacial score (nSPS) is 18.6. The minimum atomic E-state index is -3.06. The summed E-state index contributed by atoms with van der Waals surface area (Å²) in [5.41, 5.74) is -0.0192. The molecule has 2 N–H and O–H groups in total. The summed E-state index contributed by atoms with van der Waals surface area (Å²) in [5.74, 6) is -0.971. The number of carbonyl (C=O) groups excluding carboxylic acids is 1. The van der Waals surface area contributed by atoms with Crippen LogP contribution in [0.25, 0.3) is 0 Å². The van der Waals surface area contributed by atoms with Crippen LogP contribution in [0.15, 0.2) is 18.2 Å². The van der Waals surface area contributed by atoms with Gasteiger partial charge in [-0.3, -0.25) is 4.79 Å². The summed E-state index contributed by atoms with van der Waals surface area (Å²) in [6.45, 7) is 0.215. The molecule has 0 aliphatic carbocycles. The van der Waals surface area contributed by atoms with Crippen molar-refractivity contribution in [3.05, 3.63) is 23.8 Å². The number of phenols is 2. The Morgan fingerprint density at radius 1 is 1.17 bits per heavy atom. The number of hydrogen-bond acceptors (Lipinski definition) is 5. The van der Waals surface area contributed by atoms with Crippen LogP contribution >= 0.6 is 0 Å². The molecule has 1 saturated heterocycles. The maximum absolute atomic E-state index is 12.0. The van der Waals surface area contributed by atoms with Gasteiger partial charge in [-0.1, -0.05) is 0 Å². The third-order valence-corrected chi connectivity index (χ3v) is 4.45. The summed E-state index contributed by atoms with van der Waals surface area (Å²) < 4.78 is 22.5. The van der Waals surface area contributed by atoms with E-state index in [1.165, 1.54) is 23.1 Å². The molecule has 1 aromatic rings. The Hall–Kier alpha value is -1.76. The van der Waals surface area contributed by atoms with Gasteiger partial charge in [0, 0.05) is 13.1 Å². The fourth-order valence-corrected chi connectivity index (χ4v) is 2.98. The van der Waals surface area contributed by atoms with Crippen molar-refractivity contribution in [3.63, 3.8) is 0 Å². The van der Waals surface area contributed by atoms with Crippen LogP contribution in [0, 0.1) is 0 Å². The van der Waals surface area contributed by atoms with Crippen LogP contribution in [0.1, 0.15) is 10.4 Å². The van der Waals surface area contributed by atoms with E-state index in [0.717, 1.165) is 0 Å². The van der Waals surface area contributed by atoms with E-state index in [-0.39, 0.29) is 41.7 Å². The predicted octanol–water partition coefficient (Wildman–Crippen LogP) is -0.0316. The van der Waals surface area contributed by atoms with Crippen LogP contribution < -0.4 is 0 Å². The zero-order valence-electron chi connectivity index (χ0n) is 9.54. The molecule has 0 radical (unpaired) electrons. The van der Waals surface area contributed by atoms with Gasteiger partial charge < -0.3 is 15.1 Å². The van der Waals surface area contributed by atoms with Crippen molar-refractivity contribution in [1.29, 1.82) is 0 Å². The van der Waals surface area contributed by atoms with Crippen LogP contribution in [-0.2, 0) is 9.84 Å². The molecular formula is C11H13NO5S. The highest BCUT2D eigenvalue weighted by atomic mass is 32.2. The Bertz CT molecular complexity index is 567. The van der Waals surface area contributed by atoms with Crippen LogP contribution in [0.2, 0.25) is 0 Å². The molecule has 7 heteroatoms. The van der Waals surface area contributed by atoms with Gasteiger partial charge in [0.05, 0.1) is 17.1 Å². The third-order valence-electron chi connectivity index (χ3n) is 2.84. The molecular weight excluding hydrogens is 258 g/mol. The lowest BCUT2D eigenvalue weighted by molar-refractivity contribution is 0.0767. The number of hydrogen-bond donors (Lipinski definition) is 2. The zero-order valence-corrected chi connectivity index (χ0v) is 10.4. The van der Waals surface area contributed by atoms with E-state index >= 15 is 0 Å². The molecule has 0 aromatic heterocycles. The zero-order chi connectivity index (χ0) is 13.3. The minimum absolute atomic E-state index is 0.0192. The fourth-order valence-electron chi connectivity index (χ4n) is 1.78. The molecule has 0 saturated carbocycles. The Kier molecular flexibility index (Phi) is 3.16. The van der Waals surface area contributed by atoms with Gasteiger partial charge in [-0.25, -0.2) is 8.42 Å². The highest BCUT2D eigenvalue weighted by Crippen LogP contribution is 2.24. The van der Waals surface area contributed by atoms with Crippen molar-refractivity contribution >= 4 is 15.7 Å². The molecule has 0 atom stereocenters. The average Bonchev–Trinajstić information content (AvgIpc) is 2.31.